The highest BCUT2D eigenvalue weighted by Gasteiger charge is 2.29. The van der Waals surface area contributed by atoms with E-state index < -0.39 is 14.9 Å². The minimum Gasteiger partial charge on any atom is -0.354 e. The first kappa shape index (κ1) is 22.0. The molecule has 1 heterocycles. The molecular formula is C23H20N4O5S. The van der Waals surface area contributed by atoms with Crippen LogP contribution in [0.3, 0.4) is 0 Å². The molecule has 10 heteroatoms. The van der Waals surface area contributed by atoms with Crippen LogP contribution >= 0.6 is 0 Å². The Morgan fingerprint density at radius 3 is 2.30 bits per heavy atom. The predicted molar refractivity (Wildman–Crippen MR) is 128 cm³/mol. The van der Waals surface area contributed by atoms with Gasteiger partial charge in [-0.1, -0.05) is 30.3 Å². The van der Waals surface area contributed by atoms with E-state index in [-0.39, 0.29) is 17.3 Å². The van der Waals surface area contributed by atoms with Gasteiger partial charge in [-0.3, -0.25) is 19.6 Å². The molecular weight excluding hydrogens is 444 g/mol. The van der Waals surface area contributed by atoms with Crippen molar-refractivity contribution in [2.24, 2.45) is 0 Å². The molecule has 9 nitrogen and oxygen atoms in total. The molecule has 3 N–H and O–H groups in total. The molecule has 0 bridgehead atoms. The molecule has 0 aromatic heterocycles. The van der Waals surface area contributed by atoms with E-state index in [2.05, 4.69) is 15.4 Å². The van der Waals surface area contributed by atoms with Crippen molar-refractivity contribution < 1.29 is 18.1 Å². The number of rotatable bonds is 7. The molecule has 0 atom stereocenters. The number of carbonyl (C=O) groups is 1. The van der Waals surface area contributed by atoms with E-state index in [1.54, 1.807) is 30.3 Å². The van der Waals surface area contributed by atoms with Crippen molar-refractivity contribution in [2.75, 3.05) is 21.1 Å². The van der Waals surface area contributed by atoms with Crippen LogP contribution in [0.15, 0.2) is 72.8 Å². The second-order valence-electron chi connectivity index (χ2n) is 7.26. The fourth-order valence-corrected chi connectivity index (χ4v) is 4.06. The first-order valence-electron chi connectivity index (χ1n) is 10.0. The van der Waals surface area contributed by atoms with E-state index in [0.29, 0.717) is 39.5 Å². The summed E-state index contributed by atoms with van der Waals surface area (Å²) in [7, 11) is -3.50. The lowest BCUT2D eigenvalue weighted by molar-refractivity contribution is -0.384. The summed E-state index contributed by atoms with van der Waals surface area (Å²) in [5.41, 5.74) is 3.45. The van der Waals surface area contributed by atoms with Crippen molar-refractivity contribution in [1.82, 2.24) is 0 Å². The van der Waals surface area contributed by atoms with Crippen LogP contribution in [-0.2, 0) is 14.8 Å². The fourth-order valence-electron chi connectivity index (χ4n) is 3.43. The van der Waals surface area contributed by atoms with E-state index in [9.17, 15) is 23.3 Å². The summed E-state index contributed by atoms with van der Waals surface area (Å²) in [6, 6.07) is 19.8. The third kappa shape index (κ3) is 4.70. The molecule has 1 aliphatic rings. The van der Waals surface area contributed by atoms with Gasteiger partial charge >= 0.3 is 0 Å². The molecule has 0 fully saturated rings. The highest BCUT2D eigenvalue weighted by Crippen LogP contribution is 2.39. The van der Waals surface area contributed by atoms with Gasteiger partial charge in [0.2, 0.25) is 10.0 Å². The summed E-state index contributed by atoms with van der Waals surface area (Å²) in [4.78, 5) is 23.5. The Hall–Kier alpha value is -4.18. The number of fused-ring (bicyclic) bond motifs is 1. The summed E-state index contributed by atoms with van der Waals surface area (Å²) in [6.45, 7) is 1.54. The number of nitro groups is 1. The maximum atomic E-state index is 13.0. The molecule has 0 spiro atoms. The SMILES string of the molecule is CCS(=O)(=O)Nc1ccc2c(c1)C(=C(Nc1ccc([N+](=O)[O-])cc1)c1ccccc1)C(=O)N2. The lowest BCUT2D eigenvalue weighted by atomic mass is 9.99. The first-order chi connectivity index (χ1) is 15.8. The molecule has 168 valence electrons. The molecule has 3 aromatic carbocycles. The number of amides is 1. The van der Waals surface area contributed by atoms with Crippen LogP contribution in [0.25, 0.3) is 11.3 Å². The Morgan fingerprint density at radius 2 is 1.67 bits per heavy atom. The Morgan fingerprint density at radius 1 is 1.00 bits per heavy atom. The normalized spacial score (nSPS) is 14.3. The number of hydrogen-bond donors (Lipinski definition) is 3. The lowest BCUT2D eigenvalue weighted by Crippen LogP contribution is -2.14. The molecule has 0 unspecified atom stereocenters. The third-order valence-corrected chi connectivity index (χ3v) is 6.38. The van der Waals surface area contributed by atoms with E-state index in [0.717, 1.165) is 0 Å². The van der Waals surface area contributed by atoms with Gasteiger partial charge in [0.05, 0.1) is 21.9 Å². The van der Waals surface area contributed by atoms with Crippen molar-refractivity contribution >= 4 is 50.0 Å². The zero-order valence-electron chi connectivity index (χ0n) is 17.5. The van der Waals surface area contributed by atoms with Crippen molar-refractivity contribution in [3.8, 4) is 0 Å². The van der Waals surface area contributed by atoms with Gasteiger partial charge in [-0.25, -0.2) is 8.42 Å². The minimum absolute atomic E-state index is 0.0498. The first-order valence-corrected chi connectivity index (χ1v) is 11.7. The van der Waals surface area contributed by atoms with Gasteiger partial charge in [-0.05, 0) is 42.8 Å². The zero-order chi connectivity index (χ0) is 23.6. The Labute approximate surface area is 190 Å². The van der Waals surface area contributed by atoms with Crippen LogP contribution < -0.4 is 15.4 Å². The van der Waals surface area contributed by atoms with E-state index in [1.807, 2.05) is 30.3 Å². The molecule has 0 saturated carbocycles. The minimum atomic E-state index is -3.50. The Balaban J connectivity index is 1.84. The molecule has 1 aliphatic heterocycles. The van der Waals surface area contributed by atoms with E-state index >= 15 is 0 Å². The van der Waals surface area contributed by atoms with Crippen LogP contribution in [0, 0.1) is 10.1 Å². The van der Waals surface area contributed by atoms with Gasteiger partial charge in [-0.15, -0.1) is 0 Å². The number of non-ortho nitro benzene ring substituents is 1. The van der Waals surface area contributed by atoms with Gasteiger partial charge in [0, 0.05) is 34.8 Å². The smallest absolute Gasteiger partial charge is 0.269 e. The number of anilines is 3. The van der Waals surface area contributed by atoms with Crippen molar-refractivity contribution in [3.05, 3.63) is 94.0 Å². The number of benzene rings is 3. The van der Waals surface area contributed by atoms with Crippen molar-refractivity contribution in [1.29, 1.82) is 0 Å². The predicted octanol–water partition coefficient (Wildman–Crippen LogP) is 4.29. The van der Waals surface area contributed by atoms with Gasteiger partial charge in [-0.2, -0.15) is 0 Å². The third-order valence-electron chi connectivity index (χ3n) is 5.08. The molecule has 4 rings (SSSR count). The standard InChI is InChI=1S/C23H20N4O5S/c1-2-33(31,32)26-17-10-13-20-19(14-17)21(23(28)25-20)22(15-6-4-3-5-7-15)24-16-8-11-18(12-9-16)27(29)30/h3-14,24,26H,2H2,1H3,(H,25,28). The summed E-state index contributed by atoms with van der Waals surface area (Å²) in [6.07, 6.45) is 0. The summed E-state index contributed by atoms with van der Waals surface area (Å²) in [5, 5.41) is 17.0. The number of carbonyl (C=O) groups excluding carboxylic acids is 1. The summed E-state index contributed by atoms with van der Waals surface area (Å²) < 4.78 is 26.5. The van der Waals surface area contributed by atoms with Crippen molar-refractivity contribution in [2.45, 2.75) is 6.92 Å². The number of hydrogen-bond acceptors (Lipinski definition) is 6. The molecule has 0 saturated heterocycles. The number of sulfonamides is 1. The Kier molecular flexibility index (Phi) is 5.84. The summed E-state index contributed by atoms with van der Waals surface area (Å²) in [5.74, 6) is -0.435. The summed E-state index contributed by atoms with van der Waals surface area (Å²) >= 11 is 0. The van der Waals surface area contributed by atoms with Gasteiger partial charge in [0.15, 0.2) is 0 Å². The number of nitro benzene ring substituents is 1. The monoisotopic (exact) mass is 464 g/mol. The van der Waals surface area contributed by atoms with Crippen LogP contribution in [0.4, 0.5) is 22.7 Å². The quantitative estimate of drug-likeness (QED) is 0.272. The van der Waals surface area contributed by atoms with Crippen LogP contribution in [0.1, 0.15) is 18.1 Å². The number of nitrogens with one attached hydrogen (secondary N) is 3. The molecule has 0 aliphatic carbocycles. The molecule has 0 radical (unpaired) electrons. The Bertz CT molecular complexity index is 1370. The fraction of sp³-hybridized carbons (Fsp3) is 0.0870. The topological polar surface area (TPSA) is 130 Å². The van der Waals surface area contributed by atoms with Gasteiger partial charge in [0.1, 0.15) is 0 Å². The van der Waals surface area contributed by atoms with Crippen LogP contribution in [0.2, 0.25) is 0 Å². The maximum Gasteiger partial charge on any atom is 0.269 e. The highest BCUT2D eigenvalue weighted by atomic mass is 32.2. The molecule has 1 amide bonds. The maximum absolute atomic E-state index is 13.0. The van der Waals surface area contributed by atoms with Gasteiger partial charge < -0.3 is 10.6 Å². The van der Waals surface area contributed by atoms with Crippen LogP contribution in [0.5, 0.6) is 0 Å². The average Bonchev–Trinajstić information content (AvgIpc) is 3.13. The average molecular weight is 465 g/mol. The largest absolute Gasteiger partial charge is 0.354 e. The van der Waals surface area contributed by atoms with E-state index in [4.69, 9.17) is 0 Å². The van der Waals surface area contributed by atoms with Crippen molar-refractivity contribution in [3.63, 3.8) is 0 Å². The number of nitrogens with zero attached hydrogens (tertiary/aromatic N) is 1. The second-order valence-corrected chi connectivity index (χ2v) is 9.28. The van der Waals surface area contributed by atoms with E-state index in [1.165, 1.54) is 19.1 Å². The van der Waals surface area contributed by atoms with Gasteiger partial charge in [0.25, 0.3) is 11.6 Å². The van der Waals surface area contributed by atoms with Crippen LogP contribution in [-0.4, -0.2) is 25.0 Å². The zero-order valence-corrected chi connectivity index (χ0v) is 18.3. The lowest BCUT2D eigenvalue weighted by Gasteiger charge is -2.15. The second kappa shape index (κ2) is 8.75. The molecule has 33 heavy (non-hydrogen) atoms. The highest BCUT2D eigenvalue weighted by molar-refractivity contribution is 7.92. The molecule has 3 aromatic rings.